The van der Waals surface area contributed by atoms with Crippen LogP contribution in [0.15, 0.2) is 24.7 Å². The van der Waals surface area contributed by atoms with Crippen LogP contribution in [0.4, 0.5) is 4.39 Å². The third-order valence-corrected chi connectivity index (χ3v) is 1.45. The molecule has 11 heavy (non-hydrogen) atoms. The van der Waals surface area contributed by atoms with Gasteiger partial charge in [0.25, 0.3) is 0 Å². The van der Waals surface area contributed by atoms with Gasteiger partial charge in [-0.3, -0.25) is 0 Å². The van der Waals surface area contributed by atoms with Gasteiger partial charge in [0.2, 0.25) is 0 Å². The van der Waals surface area contributed by atoms with Crippen LogP contribution in [0.5, 0.6) is 0 Å². The van der Waals surface area contributed by atoms with E-state index in [2.05, 4.69) is 0 Å². The normalized spacial score (nSPS) is 11.2. The highest BCUT2D eigenvalue weighted by atomic mass is 19.1. The van der Waals surface area contributed by atoms with Crippen LogP contribution < -0.4 is 0 Å². The Morgan fingerprint density at radius 1 is 1.82 bits per heavy atom. The second-order valence-electron chi connectivity index (χ2n) is 2.14. The first-order valence-corrected chi connectivity index (χ1v) is 3.11. The third-order valence-electron chi connectivity index (χ3n) is 1.45. The second kappa shape index (κ2) is 3.02. The van der Waals surface area contributed by atoms with Crippen molar-refractivity contribution in [3.05, 3.63) is 30.4 Å². The Morgan fingerprint density at radius 3 is 2.91 bits per heavy atom. The SMILES string of the molecule is Cn1cccc1/C(C#N)=C/F. The Hall–Kier alpha value is -1.56. The molecular weight excluding hydrogens is 143 g/mol. The molecule has 0 N–H and O–H groups in total. The van der Waals surface area contributed by atoms with Crippen LogP contribution in [0, 0.1) is 11.3 Å². The predicted molar refractivity (Wildman–Crippen MR) is 40.1 cm³/mol. The summed E-state index contributed by atoms with van der Waals surface area (Å²) >= 11 is 0. The van der Waals surface area contributed by atoms with Gasteiger partial charge in [0.1, 0.15) is 18.0 Å². The van der Waals surface area contributed by atoms with E-state index in [1.165, 1.54) is 0 Å². The van der Waals surface area contributed by atoms with E-state index >= 15 is 0 Å². The Balaban J connectivity index is 3.13. The first-order valence-electron chi connectivity index (χ1n) is 3.11. The monoisotopic (exact) mass is 150 g/mol. The van der Waals surface area contributed by atoms with E-state index in [-0.39, 0.29) is 5.57 Å². The molecule has 1 aromatic heterocycles. The fourth-order valence-corrected chi connectivity index (χ4v) is 0.878. The van der Waals surface area contributed by atoms with Gasteiger partial charge >= 0.3 is 0 Å². The van der Waals surface area contributed by atoms with Crippen molar-refractivity contribution in [3.63, 3.8) is 0 Å². The minimum Gasteiger partial charge on any atom is -0.350 e. The quantitative estimate of drug-likeness (QED) is 0.561. The van der Waals surface area contributed by atoms with E-state index < -0.39 is 0 Å². The number of aromatic nitrogens is 1. The van der Waals surface area contributed by atoms with Crippen LogP contribution in [0.3, 0.4) is 0 Å². The van der Waals surface area contributed by atoms with Gasteiger partial charge in [0.15, 0.2) is 0 Å². The maximum absolute atomic E-state index is 12.0. The Labute approximate surface area is 64.2 Å². The fraction of sp³-hybridized carbons (Fsp3) is 0.125. The Kier molecular flexibility index (Phi) is 2.07. The summed E-state index contributed by atoms with van der Waals surface area (Å²) in [7, 11) is 1.76. The molecule has 0 atom stereocenters. The molecule has 0 amide bonds. The molecular formula is C8H7FN2. The lowest BCUT2D eigenvalue weighted by atomic mass is 10.2. The van der Waals surface area contributed by atoms with E-state index in [1.807, 2.05) is 0 Å². The van der Waals surface area contributed by atoms with E-state index in [0.29, 0.717) is 12.0 Å². The van der Waals surface area contributed by atoms with Gasteiger partial charge in [-0.25, -0.2) is 4.39 Å². The molecule has 0 radical (unpaired) electrons. The molecule has 0 aliphatic carbocycles. The molecule has 1 rings (SSSR count). The van der Waals surface area contributed by atoms with Crippen LogP contribution in [-0.2, 0) is 7.05 Å². The van der Waals surface area contributed by atoms with Crippen LogP contribution in [0.25, 0.3) is 5.57 Å². The smallest absolute Gasteiger partial charge is 0.107 e. The Morgan fingerprint density at radius 2 is 2.55 bits per heavy atom. The summed E-state index contributed by atoms with van der Waals surface area (Å²) in [6.07, 6.45) is 2.07. The highest BCUT2D eigenvalue weighted by Crippen LogP contribution is 2.12. The van der Waals surface area contributed by atoms with Crippen LogP contribution >= 0.6 is 0 Å². The molecule has 0 bridgehead atoms. The predicted octanol–water partition coefficient (Wildman–Crippen LogP) is 1.86. The zero-order valence-corrected chi connectivity index (χ0v) is 6.08. The highest BCUT2D eigenvalue weighted by Gasteiger charge is 2.02. The summed E-state index contributed by atoms with van der Waals surface area (Å²) in [6, 6.07) is 5.21. The maximum atomic E-state index is 12.0. The first kappa shape index (κ1) is 7.55. The summed E-state index contributed by atoms with van der Waals surface area (Å²) in [6.45, 7) is 0. The largest absolute Gasteiger partial charge is 0.350 e. The summed E-state index contributed by atoms with van der Waals surface area (Å²) in [5.41, 5.74) is 0.646. The molecule has 0 aliphatic heterocycles. The molecule has 0 saturated heterocycles. The van der Waals surface area contributed by atoms with Crippen molar-refractivity contribution in [2.45, 2.75) is 0 Å². The average molecular weight is 150 g/mol. The lowest BCUT2D eigenvalue weighted by Gasteiger charge is -1.97. The molecule has 0 aromatic carbocycles. The Bertz CT molecular complexity index is 317. The van der Waals surface area contributed by atoms with Gasteiger partial charge in [0.05, 0.1) is 5.69 Å². The molecule has 2 nitrogen and oxygen atoms in total. The lowest BCUT2D eigenvalue weighted by molar-refractivity contribution is 0.723. The van der Waals surface area contributed by atoms with Gasteiger partial charge in [0, 0.05) is 13.2 Å². The van der Waals surface area contributed by atoms with Crippen LogP contribution in [0.2, 0.25) is 0 Å². The van der Waals surface area contributed by atoms with Crippen molar-refractivity contribution in [2.24, 2.45) is 7.05 Å². The fourth-order valence-electron chi connectivity index (χ4n) is 0.878. The molecule has 56 valence electrons. The number of aryl methyl sites for hydroxylation is 1. The number of rotatable bonds is 1. The molecule has 0 fully saturated rings. The minimum atomic E-state index is 0.0532. The zero-order valence-electron chi connectivity index (χ0n) is 6.08. The van der Waals surface area contributed by atoms with Crippen molar-refractivity contribution >= 4 is 5.57 Å². The summed E-state index contributed by atoms with van der Waals surface area (Å²) < 4.78 is 13.7. The van der Waals surface area contributed by atoms with E-state index in [4.69, 9.17) is 5.26 Å². The van der Waals surface area contributed by atoms with Crippen LogP contribution in [-0.4, -0.2) is 4.57 Å². The van der Waals surface area contributed by atoms with E-state index in [1.54, 1.807) is 36.0 Å². The van der Waals surface area contributed by atoms with Gasteiger partial charge in [-0.05, 0) is 12.1 Å². The minimum absolute atomic E-state index is 0.0532. The number of allylic oxidation sites excluding steroid dienone is 1. The molecule has 0 aliphatic rings. The van der Waals surface area contributed by atoms with E-state index in [0.717, 1.165) is 0 Å². The highest BCUT2D eigenvalue weighted by molar-refractivity contribution is 5.73. The number of nitrogens with zero attached hydrogens (tertiary/aromatic N) is 2. The summed E-state index contributed by atoms with van der Waals surface area (Å²) in [5, 5.41) is 8.45. The second-order valence-corrected chi connectivity index (χ2v) is 2.14. The molecule has 3 heteroatoms. The van der Waals surface area contributed by atoms with Crippen molar-refractivity contribution < 1.29 is 4.39 Å². The number of hydrogen-bond acceptors (Lipinski definition) is 1. The molecule has 0 spiro atoms. The van der Waals surface area contributed by atoms with E-state index in [9.17, 15) is 4.39 Å². The molecule has 1 heterocycles. The lowest BCUT2D eigenvalue weighted by Crippen LogP contribution is -1.91. The molecule has 1 aromatic rings. The molecule has 0 unspecified atom stereocenters. The van der Waals surface area contributed by atoms with Crippen molar-refractivity contribution in [1.29, 1.82) is 5.26 Å². The zero-order chi connectivity index (χ0) is 8.27. The maximum Gasteiger partial charge on any atom is 0.107 e. The standard InChI is InChI=1S/C8H7FN2/c1-11-4-2-3-8(11)7(5-9)6-10/h2-5H,1H3/b7-5+. The summed E-state index contributed by atoms with van der Waals surface area (Å²) in [5.74, 6) is 0. The third kappa shape index (κ3) is 1.30. The topological polar surface area (TPSA) is 28.7 Å². The van der Waals surface area contributed by atoms with Crippen molar-refractivity contribution in [2.75, 3.05) is 0 Å². The van der Waals surface area contributed by atoms with Gasteiger partial charge < -0.3 is 4.57 Å². The van der Waals surface area contributed by atoms with Crippen LogP contribution in [0.1, 0.15) is 5.69 Å². The van der Waals surface area contributed by atoms with Gasteiger partial charge in [-0.1, -0.05) is 0 Å². The summed E-state index contributed by atoms with van der Waals surface area (Å²) in [4.78, 5) is 0. The number of hydrogen-bond donors (Lipinski definition) is 0. The van der Waals surface area contributed by atoms with Gasteiger partial charge in [-0.2, -0.15) is 5.26 Å². The molecule has 0 saturated carbocycles. The van der Waals surface area contributed by atoms with Gasteiger partial charge in [-0.15, -0.1) is 0 Å². The average Bonchev–Trinajstić information content (AvgIpc) is 2.40. The van der Waals surface area contributed by atoms with Crippen molar-refractivity contribution in [3.8, 4) is 6.07 Å². The number of halogens is 1. The number of nitriles is 1. The first-order chi connectivity index (χ1) is 5.29. The van der Waals surface area contributed by atoms with Crippen molar-refractivity contribution in [1.82, 2.24) is 4.57 Å².